The van der Waals surface area contributed by atoms with Gasteiger partial charge in [0.15, 0.2) is 19.7 Å². The molecule has 2 aromatic carbocycles. The van der Waals surface area contributed by atoms with E-state index in [1.54, 1.807) is 60.7 Å². The lowest BCUT2D eigenvalue weighted by Gasteiger charge is -2.34. The first-order valence-corrected chi connectivity index (χ1v) is 13.5. The minimum Gasteiger partial charge on any atom is -0.223 e. The molecule has 2 aromatic rings. The first kappa shape index (κ1) is 18.6. The van der Waals surface area contributed by atoms with E-state index in [0.717, 1.165) is 6.42 Å². The highest BCUT2D eigenvalue weighted by Gasteiger charge is 2.65. The van der Waals surface area contributed by atoms with Crippen LogP contribution in [0.25, 0.3) is 0 Å². The van der Waals surface area contributed by atoms with Gasteiger partial charge in [-0.15, -0.1) is 0 Å². The monoisotopic (exact) mass is 438 g/mol. The van der Waals surface area contributed by atoms with Crippen LogP contribution in [0.4, 0.5) is 0 Å². The van der Waals surface area contributed by atoms with Gasteiger partial charge in [0.05, 0.1) is 20.3 Å². The van der Waals surface area contributed by atoms with Crippen LogP contribution in [0.1, 0.15) is 12.8 Å². The topological polar surface area (TPSA) is 68.3 Å². The Hall–Kier alpha value is -2.18. The van der Waals surface area contributed by atoms with Gasteiger partial charge in [-0.05, 0) is 60.8 Å². The summed E-state index contributed by atoms with van der Waals surface area (Å²) in [6.45, 7) is 0. The molecule has 6 rings (SSSR count). The van der Waals surface area contributed by atoms with E-state index >= 15 is 0 Å². The van der Waals surface area contributed by atoms with Crippen molar-refractivity contribution in [3.05, 3.63) is 84.0 Å². The van der Waals surface area contributed by atoms with Crippen LogP contribution in [-0.4, -0.2) is 27.3 Å². The maximum absolute atomic E-state index is 13.8. The Labute approximate surface area is 177 Å². The van der Waals surface area contributed by atoms with Crippen LogP contribution in [0.5, 0.6) is 0 Å². The zero-order chi connectivity index (χ0) is 20.7. The van der Waals surface area contributed by atoms with Crippen LogP contribution in [0.3, 0.4) is 0 Å². The van der Waals surface area contributed by atoms with Gasteiger partial charge >= 0.3 is 0 Å². The van der Waals surface area contributed by atoms with Crippen molar-refractivity contribution in [3.63, 3.8) is 0 Å². The van der Waals surface area contributed by atoms with E-state index in [9.17, 15) is 16.8 Å². The summed E-state index contributed by atoms with van der Waals surface area (Å²) in [5, 5.41) is -1.86. The summed E-state index contributed by atoms with van der Waals surface area (Å²) in [6.07, 6.45) is 5.99. The Kier molecular flexibility index (Phi) is 3.82. The standard InChI is InChI=1S/C24H22O4S2/c25-29(26,17-7-3-1-4-8-17)23-19-14-20(22-16-12-11-15(13-16)21(19)22)24(23)30(27,28)18-9-5-2-6-10-18/h1-12,15-16,19-20,23-24H,13-14H2. The van der Waals surface area contributed by atoms with Crippen LogP contribution in [0, 0.1) is 23.7 Å². The first-order valence-electron chi connectivity index (χ1n) is 10.4. The molecule has 4 aliphatic carbocycles. The second-order valence-electron chi connectivity index (χ2n) is 8.84. The third-order valence-corrected chi connectivity index (χ3v) is 12.2. The van der Waals surface area contributed by atoms with Gasteiger partial charge in [-0.3, -0.25) is 0 Å². The van der Waals surface area contributed by atoms with Crippen LogP contribution in [-0.2, 0) is 19.7 Å². The predicted octanol–water partition coefficient (Wildman–Crippen LogP) is 3.82. The highest BCUT2D eigenvalue weighted by molar-refractivity contribution is 7.96. The van der Waals surface area contributed by atoms with Crippen molar-refractivity contribution in [1.29, 1.82) is 0 Å². The van der Waals surface area contributed by atoms with Gasteiger partial charge in [-0.2, -0.15) is 0 Å². The maximum atomic E-state index is 13.8. The molecule has 0 radical (unpaired) electrons. The Morgan fingerprint density at radius 1 is 0.567 bits per heavy atom. The summed E-state index contributed by atoms with van der Waals surface area (Å²) in [7, 11) is -7.61. The van der Waals surface area contributed by atoms with Crippen molar-refractivity contribution in [2.45, 2.75) is 33.1 Å². The lowest BCUT2D eigenvalue weighted by Crippen LogP contribution is -2.45. The maximum Gasteiger partial charge on any atom is 0.183 e. The molecule has 6 atom stereocenters. The molecule has 0 amide bonds. The van der Waals surface area contributed by atoms with Crippen LogP contribution in [0.2, 0.25) is 0 Å². The zero-order valence-electron chi connectivity index (χ0n) is 16.3. The number of hydrogen-bond donors (Lipinski definition) is 0. The molecule has 4 bridgehead atoms. The van der Waals surface area contributed by atoms with Crippen LogP contribution < -0.4 is 0 Å². The second-order valence-corrected chi connectivity index (χ2v) is 13.0. The summed E-state index contributed by atoms with van der Waals surface area (Å²) < 4.78 is 55.2. The molecule has 30 heavy (non-hydrogen) atoms. The van der Waals surface area contributed by atoms with Crippen LogP contribution in [0.15, 0.2) is 93.8 Å². The van der Waals surface area contributed by atoms with Crippen molar-refractivity contribution in [2.24, 2.45) is 23.7 Å². The molecule has 0 aromatic heterocycles. The molecule has 0 aliphatic heterocycles. The number of fused-ring (bicyclic) bond motifs is 8. The highest BCUT2D eigenvalue weighted by atomic mass is 32.2. The fourth-order valence-corrected chi connectivity index (χ4v) is 11.5. The molecule has 0 spiro atoms. The Morgan fingerprint density at radius 2 is 0.967 bits per heavy atom. The fourth-order valence-electron chi connectivity index (χ4n) is 6.49. The van der Waals surface area contributed by atoms with Gasteiger partial charge in [0.1, 0.15) is 0 Å². The average molecular weight is 439 g/mol. The van der Waals surface area contributed by atoms with E-state index in [0.29, 0.717) is 6.42 Å². The smallest absolute Gasteiger partial charge is 0.183 e. The molecule has 1 saturated carbocycles. The minimum atomic E-state index is -3.80. The third-order valence-electron chi connectivity index (χ3n) is 7.50. The largest absolute Gasteiger partial charge is 0.223 e. The molecular formula is C24H22O4S2. The fraction of sp³-hybridized carbons (Fsp3) is 0.333. The average Bonchev–Trinajstić information content (AvgIpc) is 3.53. The van der Waals surface area contributed by atoms with E-state index in [4.69, 9.17) is 0 Å². The molecule has 1 fully saturated rings. The molecule has 6 unspecified atom stereocenters. The lowest BCUT2D eigenvalue weighted by atomic mass is 9.85. The summed E-state index contributed by atoms with van der Waals surface area (Å²) >= 11 is 0. The van der Waals surface area contributed by atoms with Gasteiger partial charge in [0.25, 0.3) is 0 Å². The molecule has 0 heterocycles. The third kappa shape index (κ3) is 2.32. The van der Waals surface area contributed by atoms with Crippen molar-refractivity contribution >= 4 is 19.7 Å². The van der Waals surface area contributed by atoms with E-state index in [1.807, 2.05) is 0 Å². The van der Waals surface area contributed by atoms with E-state index in [-0.39, 0.29) is 33.5 Å². The van der Waals surface area contributed by atoms with Crippen LogP contribution >= 0.6 is 0 Å². The number of allylic oxidation sites excluding steroid dienone is 4. The molecule has 4 nitrogen and oxygen atoms in total. The summed E-state index contributed by atoms with van der Waals surface area (Å²) in [5.41, 5.74) is 2.47. The van der Waals surface area contributed by atoms with Gasteiger partial charge < -0.3 is 0 Å². The van der Waals surface area contributed by atoms with Gasteiger partial charge in [0.2, 0.25) is 0 Å². The van der Waals surface area contributed by atoms with Gasteiger partial charge in [-0.25, -0.2) is 16.8 Å². The van der Waals surface area contributed by atoms with E-state index in [2.05, 4.69) is 12.2 Å². The second kappa shape index (κ2) is 6.17. The van der Waals surface area contributed by atoms with E-state index < -0.39 is 30.2 Å². The molecule has 0 saturated heterocycles. The molecule has 154 valence electrons. The Balaban J connectivity index is 1.55. The molecule has 0 N–H and O–H groups in total. The number of rotatable bonds is 4. The summed E-state index contributed by atoms with van der Waals surface area (Å²) in [4.78, 5) is 0.438. The molecular weight excluding hydrogens is 416 g/mol. The van der Waals surface area contributed by atoms with Crippen molar-refractivity contribution < 1.29 is 16.8 Å². The number of sulfone groups is 2. The Morgan fingerprint density at radius 3 is 1.37 bits per heavy atom. The first-order chi connectivity index (χ1) is 14.4. The molecule has 6 heteroatoms. The SMILES string of the molecule is O=S(=O)(c1ccccc1)C1C2CC(C3=C2C2C=CC3C2)C1S(=O)(=O)c1ccccc1. The quantitative estimate of drug-likeness (QED) is 0.538. The zero-order valence-corrected chi connectivity index (χ0v) is 17.9. The van der Waals surface area contributed by atoms with Crippen molar-refractivity contribution in [3.8, 4) is 0 Å². The van der Waals surface area contributed by atoms with Gasteiger partial charge in [0, 0.05) is 0 Å². The lowest BCUT2D eigenvalue weighted by molar-refractivity contribution is 0.522. The van der Waals surface area contributed by atoms with E-state index in [1.165, 1.54) is 11.1 Å². The summed E-state index contributed by atoms with van der Waals surface area (Å²) in [6, 6.07) is 16.7. The molecule has 4 aliphatic rings. The minimum absolute atomic E-state index is 0.210. The Bertz CT molecular complexity index is 1190. The van der Waals surface area contributed by atoms with Crippen molar-refractivity contribution in [2.75, 3.05) is 0 Å². The normalized spacial score (nSPS) is 34.0. The van der Waals surface area contributed by atoms with Crippen molar-refractivity contribution in [1.82, 2.24) is 0 Å². The predicted molar refractivity (Wildman–Crippen MR) is 114 cm³/mol. The number of hydrogen-bond acceptors (Lipinski definition) is 4. The summed E-state index contributed by atoms with van der Waals surface area (Å²) in [5.74, 6) is 0.153. The highest BCUT2D eigenvalue weighted by Crippen LogP contribution is 2.64. The van der Waals surface area contributed by atoms with Gasteiger partial charge in [-0.1, -0.05) is 59.7 Å². The number of benzene rings is 2.